The fourth-order valence-corrected chi connectivity index (χ4v) is 1.55. The van der Waals surface area contributed by atoms with Crippen LogP contribution in [0.15, 0.2) is 16.8 Å². The van der Waals surface area contributed by atoms with Crippen molar-refractivity contribution in [2.75, 3.05) is 6.54 Å². The van der Waals surface area contributed by atoms with E-state index in [2.05, 4.69) is 44.1 Å². The first kappa shape index (κ1) is 10.3. The van der Waals surface area contributed by atoms with E-state index < -0.39 is 0 Å². The first-order chi connectivity index (χ1) is 5.97. The molecule has 2 heteroatoms. The van der Waals surface area contributed by atoms with Crippen molar-refractivity contribution in [1.29, 1.82) is 0 Å². The van der Waals surface area contributed by atoms with Crippen LogP contribution in [-0.2, 0) is 0 Å². The van der Waals surface area contributed by atoms with E-state index in [0.717, 1.165) is 12.3 Å². The van der Waals surface area contributed by atoms with E-state index in [4.69, 9.17) is 0 Å². The summed E-state index contributed by atoms with van der Waals surface area (Å²) >= 11 is 0. The first-order valence-electron chi connectivity index (χ1n) is 4.98. The van der Waals surface area contributed by atoms with Crippen LogP contribution in [0.4, 0.5) is 0 Å². The number of hydrogen-bond donors (Lipinski definition) is 1. The van der Waals surface area contributed by atoms with Crippen molar-refractivity contribution in [2.45, 2.75) is 46.1 Å². The Morgan fingerprint density at radius 2 is 2.15 bits per heavy atom. The molecule has 1 saturated heterocycles. The van der Waals surface area contributed by atoms with Crippen LogP contribution < -0.4 is 5.32 Å². The summed E-state index contributed by atoms with van der Waals surface area (Å²) in [5.41, 5.74) is 2.50. The first-order valence-corrected chi connectivity index (χ1v) is 4.98. The lowest BCUT2D eigenvalue weighted by Gasteiger charge is -2.12. The Balaban J connectivity index is 2.62. The Morgan fingerprint density at radius 1 is 1.46 bits per heavy atom. The summed E-state index contributed by atoms with van der Waals surface area (Å²) in [6.07, 6.45) is 4.60. The topological polar surface area (TPSA) is 24.4 Å². The van der Waals surface area contributed by atoms with Gasteiger partial charge in [-0.25, -0.2) is 0 Å². The normalized spacial score (nSPS) is 22.2. The number of hydrogen-bond acceptors (Lipinski definition) is 2. The molecule has 1 heterocycles. The van der Waals surface area contributed by atoms with E-state index >= 15 is 0 Å². The third-order valence-corrected chi connectivity index (χ3v) is 1.87. The number of aliphatic imine (C=N–C) groups is 1. The van der Waals surface area contributed by atoms with Crippen molar-refractivity contribution >= 4 is 5.71 Å². The second-order valence-electron chi connectivity index (χ2n) is 4.62. The van der Waals surface area contributed by atoms with Gasteiger partial charge in [-0.3, -0.25) is 4.99 Å². The molecule has 74 valence electrons. The lowest BCUT2D eigenvalue weighted by atomic mass is 10.1. The maximum Gasteiger partial charge on any atom is 0.0527 e. The Kier molecular flexibility index (Phi) is 3.12. The lowest BCUT2D eigenvalue weighted by Crippen LogP contribution is -2.13. The molecule has 13 heavy (non-hydrogen) atoms. The van der Waals surface area contributed by atoms with Gasteiger partial charge in [-0.05, 0) is 46.6 Å². The molecule has 0 amide bonds. The summed E-state index contributed by atoms with van der Waals surface area (Å²) in [6, 6.07) is 0. The van der Waals surface area contributed by atoms with E-state index in [0.29, 0.717) is 0 Å². The second kappa shape index (κ2) is 3.95. The minimum atomic E-state index is 0.0414. The molecule has 0 bridgehead atoms. The van der Waals surface area contributed by atoms with Gasteiger partial charge in [0.15, 0.2) is 0 Å². The van der Waals surface area contributed by atoms with Crippen LogP contribution in [0.5, 0.6) is 0 Å². The van der Waals surface area contributed by atoms with Crippen molar-refractivity contribution in [3.63, 3.8) is 0 Å². The molecule has 1 aliphatic heterocycles. The number of rotatable bonds is 1. The Bertz CT molecular complexity index is 223. The van der Waals surface area contributed by atoms with E-state index in [1.165, 1.54) is 18.5 Å². The molecule has 1 aliphatic rings. The largest absolute Gasteiger partial charge is 0.388 e. The molecule has 0 spiro atoms. The molecule has 1 N–H and O–H groups in total. The van der Waals surface area contributed by atoms with Crippen molar-refractivity contribution in [3.8, 4) is 0 Å². The molecule has 2 nitrogen and oxygen atoms in total. The molecule has 0 unspecified atom stereocenters. The van der Waals surface area contributed by atoms with Crippen molar-refractivity contribution < 1.29 is 0 Å². The fourth-order valence-electron chi connectivity index (χ4n) is 1.55. The van der Waals surface area contributed by atoms with Crippen molar-refractivity contribution in [3.05, 3.63) is 11.8 Å². The molecular weight excluding hydrogens is 160 g/mol. The monoisotopic (exact) mass is 180 g/mol. The van der Waals surface area contributed by atoms with Gasteiger partial charge in [-0.15, -0.1) is 0 Å². The number of nitrogens with zero attached hydrogens (tertiary/aromatic N) is 1. The van der Waals surface area contributed by atoms with Gasteiger partial charge >= 0.3 is 0 Å². The average Bonchev–Trinajstić information content (AvgIpc) is 2.34. The summed E-state index contributed by atoms with van der Waals surface area (Å²) in [4.78, 5) is 4.57. The molecule has 0 aliphatic carbocycles. The number of nitrogens with one attached hydrogen (secondary N) is 1. The quantitative estimate of drug-likeness (QED) is 0.616. The summed E-state index contributed by atoms with van der Waals surface area (Å²) in [5, 5.41) is 3.35. The predicted octanol–water partition coefficient (Wildman–Crippen LogP) is 2.51. The fraction of sp³-hybridized carbons (Fsp3) is 0.727. The third-order valence-electron chi connectivity index (χ3n) is 1.87. The van der Waals surface area contributed by atoms with Gasteiger partial charge in [-0.1, -0.05) is 0 Å². The smallest absolute Gasteiger partial charge is 0.0527 e. The van der Waals surface area contributed by atoms with Crippen molar-refractivity contribution in [1.82, 2.24) is 5.32 Å². The van der Waals surface area contributed by atoms with Gasteiger partial charge in [0.05, 0.1) is 5.54 Å². The van der Waals surface area contributed by atoms with Gasteiger partial charge in [0.2, 0.25) is 0 Å². The highest BCUT2D eigenvalue weighted by Crippen LogP contribution is 2.11. The zero-order chi connectivity index (χ0) is 9.90. The van der Waals surface area contributed by atoms with Crippen LogP contribution in [-0.4, -0.2) is 17.8 Å². The number of allylic oxidation sites excluding steroid dienone is 2. The zero-order valence-electron chi connectivity index (χ0n) is 9.15. The highest BCUT2D eigenvalue weighted by Gasteiger charge is 2.08. The molecule has 0 atom stereocenters. The van der Waals surface area contributed by atoms with E-state index in [-0.39, 0.29) is 5.54 Å². The SMILES string of the molecule is CC(C=C1CCCN1)=NC(C)(C)C. The van der Waals surface area contributed by atoms with E-state index in [1.807, 2.05) is 0 Å². The van der Waals surface area contributed by atoms with E-state index in [9.17, 15) is 0 Å². The Hall–Kier alpha value is -0.790. The van der Waals surface area contributed by atoms with Crippen LogP contribution in [0, 0.1) is 0 Å². The van der Waals surface area contributed by atoms with Gasteiger partial charge in [0, 0.05) is 18.0 Å². The third kappa shape index (κ3) is 4.11. The van der Waals surface area contributed by atoms with Crippen LogP contribution >= 0.6 is 0 Å². The van der Waals surface area contributed by atoms with Crippen molar-refractivity contribution in [2.24, 2.45) is 4.99 Å². The minimum absolute atomic E-state index is 0.0414. The van der Waals surface area contributed by atoms with Gasteiger partial charge in [-0.2, -0.15) is 0 Å². The Morgan fingerprint density at radius 3 is 2.62 bits per heavy atom. The standard InChI is InChI=1S/C11H20N2/c1-9(13-11(2,3)4)8-10-6-5-7-12-10/h8,12H,5-7H2,1-4H3. The van der Waals surface area contributed by atoms with Crippen LogP contribution in [0.25, 0.3) is 0 Å². The van der Waals surface area contributed by atoms with Gasteiger partial charge in [0.1, 0.15) is 0 Å². The average molecular weight is 180 g/mol. The molecule has 0 aromatic heterocycles. The second-order valence-corrected chi connectivity index (χ2v) is 4.62. The minimum Gasteiger partial charge on any atom is -0.388 e. The summed E-state index contributed by atoms with van der Waals surface area (Å²) < 4.78 is 0. The molecule has 0 aromatic rings. The van der Waals surface area contributed by atoms with E-state index in [1.54, 1.807) is 0 Å². The maximum absolute atomic E-state index is 4.57. The molecule has 1 rings (SSSR count). The molecule has 0 radical (unpaired) electrons. The van der Waals surface area contributed by atoms with Crippen LogP contribution in [0.2, 0.25) is 0 Å². The molecule has 1 fully saturated rings. The molecule has 0 aromatic carbocycles. The molecule has 0 saturated carbocycles. The maximum atomic E-state index is 4.57. The molecular formula is C11H20N2. The van der Waals surface area contributed by atoms with Gasteiger partial charge in [0.25, 0.3) is 0 Å². The lowest BCUT2D eigenvalue weighted by molar-refractivity contribution is 0.584. The van der Waals surface area contributed by atoms with Crippen LogP contribution in [0.3, 0.4) is 0 Å². The summed E-state index contributed by atoms with van der Waals surface area (Å²) in [5.74, 6) is 0. The predicted molar refractivity (Wildman–Crippen MR) is 58.2 cm³/mol. The highest BCUT2D eigenvalue weighted by atomic mass is 14.9. The Labute approximate surface area is 81.1 Å². The zero-order valence-corrected chi connectivity index (χ0v) is 9.15. The van der Waals surface area contributed by atoms with Gasteiger partial charge < -0.3 is 5.32 Å². The summed E-state index contributed by atoms with van der Waals surface area (Å²) in [7, 11) is 0. The highest BCUT2D eigenvalue weighted by molar-refractivity contribution is 5.93. The summed E-state index contributed by atoms with van der Waals surface area (Å²) in [6.45, 7) is 9.55. The van der Waals surface area contributed by atoms with Crippen LogP contribution in [0.1, 0.15) is 40.5 Å².